The molecule has 11 nitrogen and oxygen atoms in total. The SMILES string of the molecule is C=C(C)C(=O)NCC(=O)NCC(=O)C(=O)[C@@H](N)[C@@H](O)[C@H](O)[C@H](O)CO. The van der Waals surface area contributed by atoms with Crippen LogP contribution in [-0.4, -0.2) is 87.9 Å². The molecule has 0 radical (unpaired) electrons. The zero-order valence-corrected chi connectivity index (χ0v) is 13.6. The second-order valence-corrected chi connectivity index (χ2v) is 5.28. The average Bonchev–Trinajstić information content (AvgIpc) is 2.60. The zero-order valence-electron chi connectivity index (χ0n) is 13.6. The summed E-state index contributed by atoms with van der Waals surface area (Å²) in [4.78, 5) is 46.0. The van der Waals surface area contributed by atoms with E-state index in [1.807, 2.05) is 0 Å². The van der Waals surface area contributed by atoms with Gasteiger partial charge in [0.1, 0.15) is 24.4 Å². The van der Waals surface area contributed by atoms with Gasteiger partial charge in [-0.2, -0.15) is 0 Å². The maximum Gasteiger partial charge on any atom is 0.246 e. The Morgan fingerprint density at radius 3 is 2.08 bits per heavy atom. The highest BCUT2D eigenvalue weighted by Gasteiger charge is 2.35. The van der Waals surface area contributed by atoms with Crippen molar-refractivity contribution in [3.05, 3.63) is 12.2 Å². The van der Waals surface area contributed by atoms with Gasteiger partial charge in [-0.25, -0.2) is 0 Å². The number of ketones is 2. The lowest BCUT2D eigenvalue weighted by molar-refractivity contribution is -0.142. The summed E-state index contributed by atoms with van der Waals surface area (Å²) in [6.45, 7) is 2.73. The molecule has 0 aromatic heterocycles. The van der Waals surface area contributed by atoms with Crippen LogP contribution in [0.15, 0.2) is 12.2 Å². The van der Waals surface area contributed by atoms with Crippen LogP contribution < -0.4 is 16.4 Å². The number of hydrogen-bond acceptors (Lipinski definition) is 9. The Kier molecular flexibility index (Phi) is 9.71. The molecule has 0 saturated carbocycles. The minimum atomic E-state index is -2.00. The van der Waals surface area contributed by atoms with E-state index in [1.54, 1.807) is 0 Å². The predicted octanol–water partition coefficient (Wildman–Crippen LogP) is -4.66. The van der Waals surface area contributed by atoms with E-state index in [4.69, 9.17) is 10.8 Å². The monoisotopic (exact) mass is 361 g/mol. The summed E-state index contributed by atoms with van der Waals surface area (Å²) >= 11 is 0. The van der Waals surface area contributed by atoms with Crippen LogP contribution in [-0.2, 0) is 19.2 Å². The fourth-order valence-corrected chi connectivity index (χ4v) is 1.53. The minimum absolute atomic E-state index is 0.183. The molecule has 0 spiro atoms. The van der Waals surface area contributed by atoms with E-state index in [9.17, 15) is 34.5 Å². The summed E-state index contributed by atoms with van der Waals surface area (Å²) in [6.07, 6.45) is -5.69. The molecule has 0 aliphatic heterocycles. The van der Waals surface area contributed by atoms with Gasteiger partial charge in [0.25, 0.3) is 0 Å². The van der Waals surface area contributed by atoms with Crippen LogP contribution in [0.1, 0.15) is 6.92 Å². The Balaban J connectivity index is 4.46. The highest BCUT2D eigenvalue weighted by molar-refractivity contribution is 6.40. The van der Waals surface area contributed by atoms with Gasteiger partial charge in [0.15, 0.2) is 0 Å². The van der Waals surface area contributed by atoms with Crippen LogP contribution in [0.25, 0.3) is 0 Å². The molecule has 4 atom stereocenters. The average molecular weight is 361 g/mol. The van der Waals surface area contributed by atoms with Crippen LogP contribution in [0.2, 0.25) is 0 Å². The lowest BCUT2D eigenvalue weighted by Crippen LogP contribution is -2.55. The molecular weight excluding hydrogens is 338 g/mol. The number of rotatable bonds is 11. The molecule has 0 aliphatic rings. The van der Waals surface area contributed by atoms with E-state index in [0.29, 0.717) is 0 Å². The normalized spacial score (nSPS) is 15.4. The maximum atomic E-state index is 11.7. The Labute approximate surface area is 143 Å². The van der Waals surface area contributed by atoms with Crippen molar-refractivity contribution >= 4 is 23.4 Å². The van der Waals surface area contributed by atoms with Crippen LogP contribution in [0, 0.1) is 0 Å². The molecule has 0 saturated heterocycles. The molecule has 0 aromatic rings. The molecule has 2 amide bonds. The van der Waals surface area contributed by atoms with E-state index in [2.05, 4.69) is 17.2 Å². The van der Waals surface area contributed by atoms with E-state index >= 15 is 0 Å². The number of aliphatic hydroxyl groups excluding tert-OH is 4. The number of nitrogens with one attached hydrogen (secondary N) is 2. The maximum absolute atomic E-state index is 11.7. The summed E-state index contributed by atoms with van der Waals surface area (Å²) in [5.74, 6) is -3.75. The van der Waals surface area contributed by atoms with Crippen molar-refractivity contribution in [2.75, 3.05) is 19.7 Å². The molecule has 0 aromatic carbocycles. The lowest BCUT2D eigenvalue weighted by atomic mass is 9.97. The summed E-state index contributed by atoms with van der Waals surface area (Å²) in [5, 5.41) is 41.2. The fraction of sp³-hybridized carbons (Fsp3) is 0.571. The minimum Gasteiger partial charge on any atom is -0.394 e. The molecule has 25 heavy (non-hydrogen) atoms. The van der Waals surface area contributed by atoms with Crippen LogP contribution in [0.4, 0.5) is 0 Å². The third kappa shape index (κ3) is 7.49. The molecule has 0 unspecified atom stereocenters. The molecule has 142 valence electrons. The summed E-state index contributed by atoms with van der Waals surface area (Å²) in [5.41, 5.74) is 5.52. The molecule has 0 aliphatic carbocycles. The third-order valence-corrected chi connectivity index (χ3v) is 3.12. The first-order valence-corrected chi connectivity index (χ1v) is 7.21. The first-order valence-electron chi connectivity index (χ1n) is 7.21. The van der Waals surface area contributed by atoms with E-state index in [0.717, 1.165) is 0 Å². The van der Waals surface area contributed by atoms with Crippen LogP contribution >= 0.6 is 0 Å². The van der Waals surface area contributed by atoms with Gasteiger partial charge in [-0.15, -0.1) is 0 Å². The smallest absolute Gasteiger partial charge is 0.246 e. The van der Waals surface area contributed by atoms with Crippen molar-refractivity contribution in [3.8, 4) is 0 Å². The largest absolute Gasteiger partial charge is 0.394 e. The van der Waals surface area contributed by atoms with Crippen LogP contribution in [0.3, 0.4) is 0 Å². The predicted molar refractivity (Wildman–Crippen MR) is 83.9 cm³/mol. The third-order valence-electron chi connectivity index (χ3n) is 3.12. The van der Waals surface area contributed by atoms with E-state index < -0.39 is 67.4 Å². The Bertz CT molecular complexity index is 536. The molecule has 0 heterocycles. The standard InChI is InChI=1S/C14H23N3O8/c1-6(2)14(25)17-4-9(21)16-3-7(19)11(22)10(15)13(24)12(23)8(20)5-18/h8,10,12-13,18,20,23-24H,1,3-5,15H2,2H3,(H,16,21)(H,17,25)/t8-,10-,12-,13-/m1/s1. The Morgan fingerprint density at radius 2 is 1.60 bits per heavy atom. The first-order chi connectivity index (χ1) is 11.5. The molecule has 11 heteroatoms. The second kappa shape index (κ2) is 10.6. The fourth-order valence-electron chi connectivity index (χ4n) is 1.53. The number of carbonyl (C=O) groups is 4. The second-order valence-electron chi connectivity index (χ2n) is 5.28. The van der Waals surface area contributed by atoms with Gasteiger partial charge in [0, 0.05) is 5.57 Å². The van der Waals surface area contributed by atoms with Gasteiger partial charge in [-0.05, 0) is 6.92 Å². The van der Waals surface area contributed by atoms with Gasteiger partial charge < -0.3 is 36.8 Å². The van der Waals surface area contributed by atoms with Gasteiger partial charge >= 0.3 is 0 Å². The number of amides is 2. The van der Waals surface area contributed by atoms with Crippen molar-refractivity contribution in [1.29, 1.82) is 0 Å². The van der Waals surface area contributed by atoms with E-state index in [1.165, 1.54) is 6.92 Å². The zero-order chi connectivity index (χ0) is 19.7. The van der Waals surface area contributed by atoms with Crippen molar-refractivity contribution in [1.82, 2.24) is 10.6 Å². The Hall–Kier alpha value is -2.18. The van der Waals surface area contributed by atoms with E-state index in [-0.39, 0.29) is 5.57 Å². The Morgan fingerprint density at radius 1 is 1.04 bits per heavy atom. The van der Waals surface area contributed by atoms with Crippen molar-refractivity contribution < 1.29 is 39.6 Å². The molecule has 0 rings (SSSR count). The lowest BCUT2D eigenvalue weighted by Gasteiger charge is -2.25. The quantitative estimate of drug-likeness (QED) is 0.140. The first kappa shape index (κ1) is 22.8. The highest BCUT2D eigenvalue weighted by atomic mass is 16.4. The summed E-state index contributed by atoms with van der Waals surface area (Å²) < 4.78 is 0. The number of hydrogen-bond donors (Lipinski definition) is 7. The van der Waals surface area contributed by atoms with Crippen molar-refractivity contribution in [2.45, 2.75) is 31.3 Å². The molecular formula is C14H23N3O8. The number of Topliss-reactive ketones (excluding diaryl/α,β-unsaturated/α-hetero) is 2. The van der Waals surface area contributed by atoms with Gasteiger partial charge in [-0.3, -0.25) is 19.2 Å². The number of aliphatic hydroxyl groups is 4. The summed E-state index contributed by atoms with van der Waals surface area (Å²) in [7, 11) is 0. The molecule has 0 bridgehead atoms. The highest BCUT2D eigenvalue weighted by Crippen LogP contribution is 2.04. The van der Waals surface area contributed by atoms with Gasteiger partial charge in [0.05, 0.1) is 19.7 Å². The number of carbonyl (C=O) groups excluding carboxylic acids is 4. The van der Waals surface area contributed by atoms with Crippen molar-refractivity contribution in [2.24, 2.45) is 5.73 Å². The van der Waals surface area contributed by atoms with Crippen LogP contribution in [0.5, 0.6) is 0 Å². The van der Waals surface area contributed by atoms with Gasteiger partial charge in [-0.1, -0.05) is 6.58 Å². The summed E-state index contributed by atoms with van der Waals surface area (Å²) in [6, 6.07) is -1.86. The van der Waals surface area contributed by atoms with Gasteiger partial charge in [0.2, 0.25) is 23.4 Å². The topological polar surface area (TPSA) is 199 Å². The molecule has 8 N–H and O–H groups in total. The number of nitrogens with two attached hydrogens (primary N) is 1. The molecule has 0 fully saturated rings. The van der Waals surface area contributed by atoms with Crippen molar-refractivity contribution in [3.63, 3.8) is 0 Å².